The molecule has 0 aromatic rings. The standard InChI is InChI=1S/C12H23ClN2/c13-10-11-4-3-5-12(11)14-6-9-15-7-1-2-8-15/h11-12,14H,1-10H2. The lowest BCUT2D eigenvalue weighted by Crippen LogP contribution is -2.38. The van der Waals surface area contributed by atoms with Crippen LogP contribution in [-0.4, -0.2) is 43.0 Å². The highest BCUT2D eigenvalue weighted by molar-refractivity contribution is 6.18. The van der Waals surface area contributed by atoms with Gasteiger partial charge in [-0.15, -0.1) is 11.6 Å². The Bertz CT molecular complexity index is 180. The van der Waals surface area contributed by atoms with Gasteiger partial charge in [0.1, 0.15) is 0 Å². The first-order chi connectivity index (χ1) is 7.40. The van der Waals surface area contributed by atoms with Crippen molar-refractivity contribution in [2.24, 2.45) is 5.92 Å². The predicted molar refractivity (Wildman–Crippen MR) is 65.5 cm³/mol. The maximum Gasteiger partial charge on any atom is 0.0266 e. The Balaban J connectivity index is 1.60. The van der Waals surface area contributed by atoms with Crippen LogP contribution < -0.4 is 5.32 Å². The first-order valence-corrected chi connectivity index (χ1v) is 6.95. The number of nitrogens with zero attached hydrogens (tertiary/aromatic N) is 1. The van der Waals surface area contributed by atoms with Crippen LogP contribution in [0.2, 0.25) is 0 Å². The fraction of sp³-hybridized carbons (Fsp3) is 1.00. The van der Waals surface area contributed by atoms with E-state index < -0.39 is 0 Å². The van der Waals surface area contributed by atoms with Crippen LogP contribution in [-0.2, 0) is 0 Å². The van der Waals surface area contributed by atoms with Gasteiger partial charge in [0.2, 0.25) is 0 Å². The van der Waals surface area contributed by atoms with Gasteiger partial charge in [-0.1, -0.05) is 6.42 Å². The summed E-state index contributed by atoms with van der Waals surface area (Å²) in [6.45, 7) is 5.00. The third kappa shape index (κ3) is 3.33. The minimum atomic E-state index is 0.699. The molecule has 0 aromatic heterocycles. The number of halogens is 1. The van der Waals surface area contributed by atoms with Crippen LogP contribution in [0.15, 0.2) is 0 Å². The van der Waals surface area contributed by atoms with Gasteiger partial charge in [0.05, 0.1) is 0 Å². The number of rotatable bonds is 5. The molecule has 0 bridgehead atoms. The van der Waals surface area contributed by atoms with Crippen molar-refractivity contribution in [3.8, 4) is 0 Å². The van der Waals surface area contributed by atoms with Gasteiger partial charge in [-0.05, 0) is 44.7 Å². The Morgan fingerprint density at radius 3 is 2.67 bits per heavy atom. The molecule has 2 nitrogen and oxygen atoms in total. The average Bonchev–Trinajstić information content (AvgIpc) is 2.88. The van der Waals surface area contributed by atoms with Crippen LogP contribution in [0.1, 0.15) is 32.1 Å². The summed E-state index contributed by atoms with van der Waals surface area (Å²) in [4.78, 5) is 2.57. The van der Waals surface area contributed by atoms with Crippen LogP contribution in [0.3, 0.4) is 0 Å². The van der Waals surface area contributed by atoms with Crippen LogP contribution >= 0.6 is 11.6 Å². The third-order valence-electron chi connectivity index (χ3n) is 3.89. The van der Waals surface area contributed by atoms with Crippen LogP contribution in [0.4, 0.5) is 0 Å². The highest BCUT2D eigenvalue weighted by Crippen LogP contribution is 2.26. The molecule has 0 spiro atoms. The fourth-order valence-corrected chi connectivity index (χ4v) is 3.27. The zero-order valence-corrected chi connectivity index (χ0v) is 10.3. The molecule has 2 rings (SSSR count). The van der Waals surface area contributed by atoms with Crippen LogP contribution in [0.5, 0.6) is 0 Å². The number of alkyl halides is 1. The summed E-state index contributed by atoms with van der Waals surface area (Å²) in [6, 6.07) is 0.699. The number of hydrogen-bond acceptors (Lipinski definition) is 2. The van der Waals surface area contributed by atoms with E-state index in [4.69, 9.17) is 11.6 Å². The number of hydrogen-bond donors (Lipinski definition) is 1. The van der Waals surface area contributed by atoms with Crippen molar-refractivity contribution in [2.45, 2.75) is 38.1 Å². The molecule has 1 saturated carbocycles. The first-order valence-electron chi connectivity index (χ1n) is 6.42. The molecule has 88 valence electrons. The molecule has 1 aliphatic carbocycles. The van der Waals surface area contributed by atoms with Gasteiger partial charge < -0.3 is 10.2 Å². The lowest BCUT2D eigenvalue weighted by Gasteiger charge is -2.21. The van der Waals surface area contributed by atoms with E-state index in [0.717, 1.165) is 18.3 Å². The van der Waals surface area contributed by atoms with Crippen molar-refractivity contribution < 1.29 is 0 Å². The second-order valence-electron chi connectivity index (χ2n) is 4.95. The molecule has 1 heterocycles. The SMILES string of the molecule is ClCC1CCCC1NCCN1CCCC1. The molecule has 1 N–H and O–H groups in total. The van der Waals surface area contributed by atoms with E-state index in [2.05, 4.69) is 10.2 Å². The lowest BCUT2D eigenvalue weighted by molar-refractivity contribution is 0.318. The summed E-state index contributed by atoms with van der Waals surface area (Å²) in [5.74, 6) is 1.56. The van der Waals surface area contributed by atoms with Gasteiger partial charge in [0, 0.05) is 25.0 Å². The first kappa shape index (κ1) is 11.7. The molecule has 0 aromatic carbocycles. The van der Waals surface area contributed by atoms with Gasteiger partial charge in [-0.2, -0.15) is 0 Å². The smallest absolute Gasteiger partial charge is 0.0266 e. The third-order valence-corrected chi connectivity index (χ3v) is 4.29. The number of likely N-dealkylation sites (tertiary alicyclic amines) is 1. The van der Waals surface area contributed by atoms with Crippen molar-refractivity contribution in [1.82, 2.24) is 10.2 Å². The van der Waals surface area contributed by atoms with E-state index in [1.54, 1.807) is 0 Å². The minimum absolute atomic E-state index is 0.699. The summed E-state index contributed by atoms with van der Waals surface area (Å²) >= 11 is 5.96. The normalized spacial score (nSPS) is 32.6. The topological polar surface area (TPSA) is 15.3 Å². The summed E-state index contributed by atoms with van der Waals surface area (Å²) in [6.07, 6.45) is 6.81. The van der Waals surface area contributed by atoms with E-state index in [1.165, 1.54) is 51.7 Å². The van der Waals surface area contributed by atoms with E-state index >= 15 is 0 Å². The molecule has 15 heavy (non-hydrogen) atoms. The molecule has 1 aliphatic heterocycles. The van der Waals surface area contributed by atoms with E-state index in [0.29, 0.717) is 6.04 Å². The Hall–Kier alpha value is 0.210. The molecule has 2 atom stereocenters. The predicted octanol–water partition coefficient (Wildman–Crippen LogP) is 2.08. The maximum atomic E-state index is 5.96. The summed E-state index contributed by atoms with van der Waals surface area (Å²) < 4.78 is 0. The Kier molecular flexibility index (Phi) is 4.73. The zero-order valence-electron chi connectivity index (χ0n) is 9.55. The Morgan fingerprint density at radius 1 is 1.13 bits per heavy atom. The van der Waals surface area contributed by atoms with Gasteiger partial charge in [-0.25, -0.2) is 0 Å². The van der Waals surface area contributed by atoms with Crippen molar-refractivity contribution in [2.75, 3.05) is 32.1 Å². The lowest BCUT2D eigenvalue weighted by atomic mass is 10.1. The second-order valence-corrected chi connectivity index (χ2v) is 5.26. The Labute approximate surface area is 98.4 Å². The quantitative estimate of drug-likeness (QED) is 0.728. The van der Waals surface area contributed by atoms with E-state index in [-0.39, 0.29) is 0 Å². The highest BCUT2D eigenvalue weighted by Gasteiger charge is 2.25. The molecule has 0 amide bonds. The van der Waals surface area contributed by atoms with Crippen molar-refractivity contribution >= 4 is 11.6 Å². The minimum Gasteiger partial charge on any atom is -0.312 e. The molecular weight excluding hydrogens is 208 g/mol. The summed E-state index contributed by atoms with van der Waals surface area (Å²) in [7, 11) is 0. The molecule has 0 radical (unpaired) electrons. The van der Waals surface area contributed by atoms with Gasteiger partial charge >= 0.3 is 0 Å². The largest absolute Gasteiger partial charge is 0.312 e. The second kappa shape index (κ2) is 6.07. The van der Waals surface area contributed by atoms with E-state index in [9.17, 15) is 0 Å². The van der Waals surface area contributed by atoms with Gasteiger partial charge in [-0.3, -0.25) is 0 Å². The molecule has 1 saturated heterocycles. The van der Waals surface area contributed by atoms with Gasteiger partial charge in [0.25, 0.3) is 0 Å². The van der Waals surface area contributed by atoms with Crippen molar-refractivity contribution in [1.29, 1.82) is 0 Å². The van der Waals surface area contributed by atoms with Crippen molar-refractivity contribution in [3.05, 3.63) is 0 Å². The van der Waals surface area contributed by atoms with E-state index in [1.807, 2.05) is 0 Å². The monoisotopic (exact) mass is 230 g/mol. The van der Waals surface area contributed by atoms with Gasteiger partial charge in [0.15, 0.2) is 0 Å². The molecule has 2 unspecified atom stereocenters. The molecular formula is C12H23ClN2. The molecule has 2 aliphatic rings. The summed E-state index contributed by atoms with van der Waals surface area (Å²) in [5, 5.41) is 3.68. The Morgan fingerprint density at radius 2 is 1.93 bits per heavy atom. The molecule has 2 fully saturated rings. The average molecular weight is 231 g/mol. The maximum absolute atomic E-state index is 5.96. The highest BCUT2D eigenvalue weighted by atomic mass is 35.5. The van der Waals surface area contributed by atoms with Crippen LogP contribution in [0.25, 0.3) is 0 Å². The number of nitrogens with one attached hydrogen (secondary N) is 1. The zero-order chi connectivity index (χ0) is 10.5. The molecule has 3 heteroatoms. The fourth-order valence-electron chi connectivity index (χ4n) is 2.90. The van der Waals surface area contributed by atoms with Crippen molar-refractivity contribution in [3.63, 3.8) is 0 Å². The van der Waals surface area contributed by atoms with Crippen LogP contribution in [0, 0.1) is 5.92 Å². The summed E-state index contributed by atoms with van der Waals surface area (Å²) in [5.41, 5.74) is 0.